The van der Waals surface area contributed by atoms with E-state index in [0.717, 1.165) is 12.5 Å². The zero-order chi connectivity index (χ0) is 27.0. The molecule has 0 aliphatic carbocycles. The molecule has 1 aromatic heterocycles. The molecular formula is C29H25ClFNO6. The van der Waals surface area contributed by atoms with E-state index < -0.39 is 23.2 Å². The molecule has 1 unspecified atom stereocenters. The van der Waals surface area contributed by atoms with E-state index in [1.54, 1.807) is 36.4 Å². The number of benzene rings is 3. The van der Waals surface area contributed by atoms with Gasteiger partial charge in [-0.2, -0.15) is 0 Å². The molecule has 0 N–H and O–H groups in total. The van der Waals surface area contributed by atoms with E-state index in [0.29, 0.717) is 41.7 Å². The van der Waals surface area contributed by atoms with Crippen LogP contribution in [0.2, 0.25) is 5.02 Å². The molecule has 0 saturated heterocycles. The maximum absolute atomic E-state index is 14.1. The van der Waals surface area contributed by atoms with Crippen molar-refractivity contribution in [3.63, 3.8) is 0 Å². The molecule has 38 heavy (non-hydrogen) atoms. The molecular weight excluding hydrogens is 513 g/mol. The summed E-state index contributed by atoms with van der Waals surface area (Å²) in [5.41, 5.74) is 0.737. The second-order valence-corrected chi connectivity index (χ2v) is 9.11. The standard InChI is InChI=1S/C29H25ClFNO6/c1-4-12-37-23-9-6-16(13-24(23)36-5-2)26-25-27(33)19-14-17(31)7-10-21(19)38-28(25)29(34)32(26)18-8-11-22(35-3)20(30)15-18/h6-11,13-15,26H,4-5,12H2,1-3H3. The van der Waals surface area contributed by atoms with Crippen LogP contribution in [0.3, 0.4) is 0 Å². The Morgan fingerprint density at radius 1 is 0.974 bits per heavy atom. The van der Waals surface area contributed by atoms with Crippen LogP contribution in [0.1, 0.15) is 48.0 Å². The molecule has 196 valence electrons. The van der Waals surface area contributed by atoms with Gasteiger partial charge in [0.25, 0.3) is 5.91 Å². The molecule has 7 nitrogen and oxygen atoms in total. The van der Waals surface area contributed by atoms with Gasteiger partial charge in [-0.3, -0.25) is 14.5 Å². The van der Waals surface area contributed by atoms with E-state index in [1.165, 1.54) is 24.1 Å². The molecule has 1 aliphatic rings. The maximum Gasteiger partial charge on any atom is 0.295 e. The van der Waals surface area contributed by atoms with E-state index in [4.69, 9.17) is 30.2 Å². The number of hydrogen-bond acceptors (Lipinski definition) is 6. The molecule has 0 fully saturated rings. The fourth-order valence-corrected chi connectivity index (χ4v) is 4.88. The Labute approximate surface area is 223 Å². The number of hydrogen-bond donors (Lipinski definition) is 0. The number of anilines is 1. The summed E-state index contributed by atoms with van der Waals surface area (Å²) in [4.78, 5) is 29.0. The van der Waals surface area contributed by atoms with Crippen LogP contribution in [0, 0.1) is 5.82 Å². The number of nitrogens with zero attached hydrogens (tertiary/aromatic N) is 1. The van der Waals surface area contributed by atoms with Gasteiger partial charge >= 0.3 is 0 Å². The van der Waals surface area contributed by atoms with Crippen molar-refractivity contribution in [3.05, 3.63) is 92.5 Å². The number of carbonyl (C=O) groups is 1. The second-order valence-electron chi connectivity index (χ2n) is 8.70. The molecule has 5 rings (SSSR count). The van der Waals surface area contributed by atoms with Gasteiger partial charge in [0.1, 0.15) is 17.1 Å². The van der Waals surface area contributed by atoms with Gasteiger partial charge in [0, 0.05) is 5.69 Å². The molecule has 3 aromatic carbocycles. The lowest BCUT2D eigenvalue weighted by atomic mass is 9.97. The Balaban J connectivity index is 1.75. The van der Waals surface area contributed by atoms with Crippen molar-refractivity contribution >= 4 is 34.2 Å². The summed E-state index contributed by atoms with van der Waals surface area (Å²) >= 11 is 6.40. The third-order valence-electron chi connectivity index (χ3n) is 6.29. The van der Waals surface area contributed by atoms with Crippen molar-refractivity contribution in [2.45, 2.75) is 26.3 Å². The minimum absolute atomic E-state index is 0.0455. The van der Waals surface area contributed by atoms with E-state index in [1.807, 2.05) is 13.8 Å². The summed E-state index contributed by atoms with van der Waals surface area (Å²) in [6.07, 6.45) is 0.814. The van der Waals surface area contributed by atoms with Crippen LogP contribution in [0.25, 0.3) is 11.0 Å². The summed E-state index contributed by atoms with van der Waals surface area (Å²) < 4.78 is 36.9. The predicted octanol–water partition coefficient (Wildman–Crippen LogP) is 6.53. The van der Waals surface area contributed by atoms with Crippen LogP contribution in [0.5, 0.6) is 17.2 Å². The highest BCUT2D eigenvalue weighted by molar-refractivity contribution is 6.32. The van der Waals surface area contributed by atoms with Crippen LogP contribution in [-0.2, 0) is 0 Å². The Morgan fingerprint density at radius 3 is 2.47 bits per heavy atom. The number of ether oxygens (including phenoxy) is 3. The number of fused-ring (bicyclic) bond motifs is 2. The van der Waals surface area contributed by atoms with Crippen LogP contribution >= 0.6 is 11.6 Å². The number of amides is 1. The van der Waals surface area contributed by atoms with E-state index >= 15 is 0 Å². The van der Waals surface area contributed by atoms with Gasteiger partial charge in [-0.05, 0) is 67.4 Å². The van der Waals surface area contributed by atoms with Gasteiger partial charge in [-0.25, -0.2) is 4.39 Å². The summed E-state index contributed by atoms with van der Waals surface area (Å²) in [6, 6.07) is 12.9. The van der Waals surface area contributed by atoms with Crippen molar-refractivity contribution in [3.8, 4) is 17.2 Å². The number of carbonyl (C=O) groups excluding carboxylic acids is 1. The molecule has 9 heteroatoms. The van der Waals surface area contributed by atoms with Crippen LogP contribution in [0.4, 0.5) is 10.1 Å². The van der Waals surface area contributed by atoms with Crippen LogP contribution < -0.4 is 24.5 Å². The first-order valence-electron chi connectivity index (χ1n) is 12.2. The second kappa shape index (κ2) is 10.4. The number of rotatable bonds is 8. The van der Waals surface area contributed by atoms with Gasteiger partial charge in [0.2, 0.25) is 5.76 Å². The van der Waals surface area contributed by atoms with Crippen molar-refractivity contribution in [1.29, 1.82) is 0 Å². The number of methoxy groups -OCH3 is 1. The normalized spacial score (nSPS) is 14.6. The van der Waals surface area contributed by atoms with Gasteiger partial charge in [-0.1, -0.05) is 24.6 Å². The van der Waals surface area contributed by atoms with E-state index in [9.17, 15) is 14.0 Å². The Bertz CT molecular complexity index is 1600. The molecule has 1 amide bonds. The first-order valence-corrected chi connectivity index (χ1v) is 12.6. The molecule has 1 atom stereocenters. The molecule has 0 radical (unpaired) electrons. The zero-order valence-electron chi connectivity index (χ0n) is 21.0. The maximum atomic E-state index is 14.1. The number of halogens is 2. The lowest BCUT2D eigenvalue weighted by Crippen LogP contribution is -2.29. The summed E-state index contributed by atoms with van der Waals surface area (Å²) in [5, 5.41) is 0.335. The molecule has 0 bridgehead atoms. The summed E-state index contributed by atoms with van der Waals surface area (Å²) in [6.45, 7) is 4.74. The topological polar surface area (TPSA) is 78.2 Å². The molecule has 4 aromatic rings. The smallest absolute Gasteiger partial charge is 0.295 e. The highest BCUT2D eigenvalue weighted by Gasteiger charge is 2.44. The van der Waals surface area contributed by atoms with E-state index in [2.05, 4.69) is 0 Å². The van der Waals surface area contributed by atoms with Gasteiger partial charge in [0.05, 0.1) is 42.3 Å². The van der Waals surface area contributed by atoms with Crippen molar-refractivity contribution in [2.24, 2.45) is 0 Å². The monoisotopic (exact) mass is 537 g/mol. The molecule has 1 aliphatic heterocycles. The summed E-state index contributed by atoms with van der Waals surface area (Å²) in [5.74, 6) is 0.231. The fourth-order valence-electron chi connectivity index (χ4n) is 4.63. The van der Waals surface area contributed by atoms with Gasteiger partial charge < -0.3 is 18.6 Å². The average Bonchev–Trinajstić information content (AvgIpc) is 3.20. The molecule has 2 heterocycles. The zero-order valence-corrected chi connectivity index (χ0v) is 21.8. The Kier molecular flexibility index (Phi) is 6.99. The highest BCUT2D eigenvalue weighted by Crippen LogP contribution is 2.44. The average molecular weight is 538 g/mol. The fraction of sp³-hybridized carbons (Fsp3) is 0.241. The van der Waals surface area contributed by atoms with Gasteiger partial charge in [-0.15, -0.1) is 0 Å². The molecule has 0 spiro atoms. The predicted molar refractivity (Wildman–Crippen MR) is 142 cm³/mol. The van der Waals surface area contributed by atoms with E-state index in [-0.39, 0.29) is 27.3 Å². The first kappa shape index (κ1) is 25.6. The minimum Gasteiger partial charge on any atom is -0.495 e. The SMILES string of the molecule is CCCOc1ccc(C2c3c(oc4ccc(F)cc4c3=O)C(=O)N2c2ccc(OC)c(Cl)c2)cc1OCC. The summed E-state index contributed by atoms with van der Waals surface area (Å²) in [7, 11) is 1.49. The third-order valence-corrected chi connectivity index (χ3v) is 6.59. The highest BCUT2D eigenvalue weighted by atomic mass is 35.5. The minimum atomic E-state index is -0.898. The van der Waals surface area contributed by atoms with Crippen molar-refractivity contribution in [1.82, 2.24) is 0 Å². The van der Waals surface area contributed by atoms with Gasteiger partial charge in [0.15, 0.2) is 16.9 Å². The van der Waals surface area contributed by atoms with Crippen molar-refractivity contribution in [2.75, 3.05) is 25.2 Å². The van der Waals surface area contributed by atoms with Crippen LogP contribution in [-0.4, -0.2) is 26.2 Å². The largest absolute Gasteiger partial charge is 0.495 e. The van der Waals surface area contributed by atoms with Crippen molar-refractivity contribution < 1.29 is 27.8 Å². The lowest BCUT2D eigenvalue weighted by Gasteiger charge is -2.26. The quantitative estimate of drug-likeness (QED) is 0.254. The van der Waals surface area contributed by atoms with Crippen LogP contribution in [0.15, 0.2) is 63.8 Å². The Hall–Kier alpha value is -4.04. The third kappa shape index (κ3) is 4.35. The first-order chi connectivity index (χ1) is 18.4. The molecule has 0 saturated carbocycles. The lowest BCUT2D eigenvalue weighted by molar-refractivity contribution is 0.0971. The Morgan fingerprint density at radius 2 is 1.76 bits per heavy atom.